The smallest absolute Gasteiger partial charge is 0.139 e. The first kappa shape index (κ1) is 15.7. The van der Waals surface area contributed by atoms with Crippen LogP contribution in [0.4, 0.5) is 5.69 Å². The lowest BCUT2D eigenvalue weighted by atomic mass is 9.90. The van der Waals surface area contributed by atoms with Crippen LogP contribution in [0.25, 0.3) is 0 Å². The highest BCUT2D eigenvalue weighted by Gasteiger charge is 2.29. The summed E-state index contributed by atoms with van der Waals surface area (Å²) >= 11 is 0. The van der Waals surface area contributed by atoms with Gasteiger partial charge in [0.05, 0.1) is 24.4 Å². The Balaban J connectivity index is 1.62. The van der Waals surface area contributed by atoms with Gasteiger partial charge in [-0.15, -0.1) is 0 Å². The summed E-state index contributed by atoms with van der Waals surface area (Å²) in [6, 6.07) is 26.2. The van der Waals surface area contributed by atoms with Gasteiger partial charge in [-0.3, -0.25) is 0 Å². The lowest BCUT2D eigenvalue weighted by Crippen LogP contribution is -2.23. The maximum Gasteiger partial charge on any atom is 0.139 e. The Hall–Kier alpha value is -2.78. The third-order valence-corrected chi connectivity index (χ3v) is 4.69. The van der Waals surface area contributed by atoms with Crippen molar-refractivity contribution in [2.75, 3.05) is 5.32 Å². The molecule has 0 fully saturated rings. The van der Waals surface area contributed by atoms with Gasteiger partial charge in [0, 0.05) is 12.0 Å². The summed E-state index contributed by atoms with van der Waals surface area (Å²) in [6.07, 6.45) is 0.765. The number of rotatable bonds is 4. The molecule has 0 radical (unpaired) electrons. The molecule has 25 heavy (non-hydrogen) atoms. The van der Waals surface area contributed by atoms with Crippen LogP contribution in [0.5, 0.6) is 5.75 Å². The minimum Gasteiger partial charge on any atom is -0.506 e. The number of aromatic hydroxyl groups is 1. The van der Waals surface area contributed by atoms with Crippen molar-refractivity contribution in [2.45, 2.75) is 25.2 Å². The molecule has 2 atom stereocenters. The fraction of sp³-hybridized carbons (Fsp3) is 0.182. The van der Waals surface area contributed by atoms with E-state index in [9.17, 15) is 5.11 Å². The molecule has 3 nitrogen and oxygen atoms in total. The van der Waals surface area contributed by atoms with E-state index in [0.717, 1.165) is 23.2 Å². The summed E-state index contributed by atoms with van der Waals surface area (Å²) in [4.78, 5) is 0. The Morgan fingerprint density at radius 1 is 0.880 bits per heavy atom. The number of fused-ring (bicyclic) bond motifs is 1. The molecule has 0 unspecified atom stereocenters. The molecular formula is C22H21NO2. The van der Waals surface area contributed by atoms with E-state index in [4.69, 9.17) is 4.74 Å². The van der Waals surface area contributed by atoms with Crippen LogP contribution in [0.3, 0.4) is 0 Å². The van der Waals surface area contributed by atoms with Crippen LogP contribution in [0.1, 0.15) is 35.3 Å². The highest BCUT2D eigenvalue weighted by molar-refractivity contribution is 5.64. The molecule has 1 aliphatic heterocycles. The van der Waals surface area contributed by atoms with Gasteiger partial charge in [0.1, 0.15) is 5.75 Å². The van der Waals surface area contributed by atoms with Crippen molar-refractivity contribution in [1.82, 2.24) is 0 Å². The van der Waals surface area contributed by atoms with E-state index in [0.29, 0.717) is 6.61 Å². The lowest BCUT2D eigenvalue weighted by molar-refractivity contribution is 0.0280. The molecule has 1 aliphatic rings. The Morgan fingerprint density at radius 2 is 1.60 bits per heavy atom. The van der Waals surface area contributed by atoms with E-state index in [1.807, 2.05) is 48.5 Å². The van der Waals surface area contributed by atoms with E-state index in [1.165, 1.54) is 5.56 Å². The standard InChI is InChI=1S/C22H21NO2/c24-20-13-7-12-18-21(25-15-16-8-3-1-4-9-16)14-19(23-22(18)20)17-10-5-2-6-11-17/h1-13,19,21,23-24H,14-15H2/t19-,21-/m0/s1. The maximum absolute atomic E-state index is 10.3. The van der Waals surface area contributed by atoms with Crippen molar-refractivity contribution in [3.8, 4) is 5.75 Å². The van der Waals surface area contributed by atoms with Crippen molar-refractivity contribution in [3.63, 3.8) is 0 Å². The van der Waals surface area contributed by atoms with Gasteiger partial charge in [-0.25, -0.2) is 0 Å². The molecule has 4 rings (SSSR count). The summed E-state index contributed by atoms with van der Waals surface area (Å²) in [5.41, 5.74) is 4.15. The van der Waals surface area contributed by atoms with Crippen molar-refractivity contribution in [1.29, 1.82) is 0 Å². The molecule has 0 spiro atoms. The van der Waals surface area contributed by atoms with Crippen molar-refractivity contribution in [2.24, 2.45) is 0 Å². The van der Waals surface area contributed by atoms with Crippen LogP contribution in [-0.4, -0.2) is 5.11 Å². The predicted molar refractivity (Wildman–Crippen MR) is 99.5 cm³/mol. The molecule has 0 bridgehead atoms. The summed E-state index contributed by atoms with van der Waals surface area (Å²) in [5.74, 6) is 0.270. The van der Waals surface area contributed by atoms with Gasteiger partial charge in [-0.05, 0) is 17.2 Å². The summed E-state index contributed by atoms with van der Waals surface area (Å²) in [6.45, 7) is 0.558. The van der Waals surface area contributed by atoms with Gasteiger partial charge >= 0.3 is 0 Å². The molecule has 2 N–H and O–H groups in total. The number of hydrogen-bond acceptors (Lipinski definition) is 3. The first-order valence-corrected chi connectivity index (χ1v) is 8.60. The number of para-hydroxylation sites is 1. The first-order valence-electron chi connectivity index (χ1n) is 8.60. The number of hydrogen-bond donors (Lipinski definition) is 2. The zero-order valence-electron chi connectivity index (χ0n) is 13.9. The fourth-order valence-corrected chi connectivity index (χ4v) is 3.39. The zero-order valence-corrected chi connectivity index (χ0v) is 13.9. The van der Waals surface area contributed by atoms with Crippen LogP contribution in [0.15, 0.2) is 78.9 Å². The van der Waals surface area contributed by atoms with Crippen LogP contribution >= 0.6 is 0 Å². The Morgan fingerprint density at radius 3 is 2.36 bits per heavy atom. The molecule has 3 aromatic carbocycles. The van der Waals surface area contributed by atoms with Crippen LogP contribution < -0.4 is 5.32 Å². The highest BCUT2D eigenvalue weighted by atomic mass is 16.5. The lowest BCUT2D eigenvalue weighted by Gasteiger charge is -2.34. The quantitative estimate of drug-likeness (QED) is 0.645. The average Bonchev–Trinajstić information content (AvgIpc) is 2.68. The van der Waals surface area contributed by atoms with E-state index in [-0.39, 0.29) is 17.9 Å². The zero-order chi connectivity index (χ0) is 17.1. The number of nitrogens with one attached hydrogen (secondary N) is 1. The first-order chi connectivity index (χ1) is 12.3. The van der Waals surface area contributed by atoms with Crippen molar-refractivity contribution >= 4 is 5.69 Å². The molecular weight excluding hydrogens is 310 g/mol. The monoisotopic (exact) mass is 331 g/mol. The van der Waals surface area contributed by atoms with Crippen molar-refractivity contribution < 1.29 is 9.84 Å². The normalized spacial score (nSPS) is 19.0. The van der Waals surface area contributed by atoms with Crippen LogP contribution in [0.2, 0.25) is 0 Å². The minimum atomic E-state index is -0.0613. The molecule has 0 aromatic heterocycles. The Kier molecular flexibility index (Phi) is 4.40. The van der Waals surface area contributed by atoms with Gasteiger partial charge in [-0.2, -0.15) is 0 Å². The maximum atomic E-state index is 10.3. The molecule has 3 heteroatoms. The van der Waals surface area contributed by atoms with E-state index in [2.05, 4.69) is 29.6 Å². The molecule has 0 amide bonds. The number of anilines is 1. The second-order valence-electron chi connectivity index (χ2n) is 6.37. The fourth-order valence-electron chi connectivity index (χ4n) is 3.39. The second kappa shape index (κ2) is 6.99. The predicted octanol–water partition coefficient (Wildman–Crippen LogP) is 5.21. The van der Waals surface area contributed by atoms with Gasteiger partial charge in [0.2, 0.25) is 0 Å². The van der Waals surface area contributed by atoms with Gasteiger partial charge in [0.15, 0.2) is 0 Å². The molecule has 0 saturated carbocycles. The number of phenolic OH excluding ortho intramolecular Hbond substituents is 1. The molecule has 3 aromatic rings. The summed E-state index contributed by atoms with van der Waals surface area (Å²) in [5, 5.41) is 13.8. The van der Waals surface area contributed by atoms with Crippen LogP contribution in [0, 0.1) is 0 Å². The minimum absolute atomic E-state index is 0.0613. The van der Waals surface area contributed by atoms with Gasteiger partial charge in [0.25, 0.3) is 0 Å². The Labute approximate surface area is 147 Å². The highest BCUT2D eigenvalue weighted by Crippen LogP contribution is 2.44. The molecule has 126 valence electrons. The van der Waals surface area contributed by atoms with Gasteiger partial charge in [-0.1, -0.05) is 72.8 Å². The van der Waals surface area contributed by atoms with E-state index >= 15 is 0 Å². The topological polar surface area (TPSA) is 41.5 Å². The molecule has 0 aliphatic carbocycles. The second-order valence-corrected chi connectivity index (χ2v) is 6.37. The number of ether oxygens (including phenoxy) is 1. The largest absolute Gasteiger partial charge is 0.506 e. The summed E-state index contributed by atoms with van der Waals surface area (Å²) < 4.78 is 6.25. The van der Waals surface area contributed by atoms with E-state index < -0.39 is 0 Å². The van der Waals surface area contributed by atoms with Crippen LogP contribution in [-0.2, 0) is 11.3 Å². The number of benzene rings is 3. The van der Waals surface area contributed by atoms with E-state index in [1.54, 1.807) is 6.07 Å². The molecule has 1 heterocycles. The Bertz CT molecular complexity index is 833. The third-order valence-electron chi connectivity index (χ3n) is 4.69. The SMILES string of the molecule is Oc1cccc2c1N[C@H](c1ccccc1)C[C@@H]2OCc1ccccc1. The number of phenols is 1. The molecule has 0 saturated heterocycles. The third kappa shape index (κ3) is 3.37. The van der Waals surface area contributed by atoms with Gasteiger partial charge < -0.3 is 15.2 Å². The van der Waals surface area contributed by atoms with Crippen molar-refractivity contribution in [3.05, 3.63) is 95.6 Å². The average molecular weight is 331 g/mol. The summed E-state index contributed by atoms with van der Waals surface area (Å²) in [7, 11) is 0.